The topological polar surface area (TPSA) is 8.17 Å². The van der Waals surface area contributed by atoms with Crippen molar-refractivity contribution in [2.45, 2.75) is 0 Å². The van der Waals surface area contributed by atoms with Gasteiger partial charge in [-0.2, -0.15) is 0 Å². The molecule has 0 aliphatic carbocycles. The number of anilines is 3. The molecule has 2 nitrogen and oxygen atoms in total. The molecule has 0 saturated carbocycles. The minimum Gasteiger partial charge on any atom is -0.310 e. The summed E-state index contributed by atoms with van der Waals surface area (Å²) in [6.07, 6.45) is 0. The molecule has 0 bridgehead atoms. The molecule has 0 unspecified atom stereocenters. The van der Waals surface area contributed by atoms with Gasteiger partial charge >= 0.3 is 0 Å². The monoisotopic (exact) mass is 628 g/mol. The zero-order chi connectivity index (χ0) is 31.5. The van der Waals surface area contributed by atoms with Gasteiger partial charge in [-0.1, -0.05) is 66.7 Å². The van der Waals surface area contributed by atoms with Crippen LogP contribution in [0.25, 0.3) is 58.8 Å². The summed E-state index contributed by atoms with van der Waals surface area (Å²) in [6.45, 7) is 0. The predicted octanol–water partition coefficient (Wildman–Crippen LogP) is 12.6. The van der Waals surface area contributed by atoms with Gasteiger partial charge in [0.05, 0.1) is 15.7 Å². The van der Waals surface area contributed by atoms with Gasteiger partial charge in [0, 0.05) is 49.0 Å². The van der Waals surface area contributed by atoms with Gasteiger partial charge in [-0.15, -0.1) is 11.3 Å². The van der Waals surface area contributed by atoms with Crippen molar-refractivity contribution in [2.24, 2.45) is 0 Å². The fourth-order valence-electron chi connectivity index (χ4n) is 6.76. The molecule has 0 atom stereocenters. The molecule has 5 heteroatoms. The van der Waals surface area contributed by atoms with Crippen molar-refractivity contribution in [1.82, 2.24) is 4.57 Å². The molecular formula is C42H26F2N2S. The fraction of sp³-hybridized carbons (Fsp3) is 0. The number of thiophene rings is 1. The van der Waals surface area contributed by atoms with Crippen LogP contribution in [0, 0.1) is 11.6 Å². The second-order valence-corrected chi connectivity index (χ2v) is 12.7. The van der Waals surface area contributed by atoms with Crippen molar-refractivity contribution in [2.75, 3.05) is 4.90 Å². The molecule has 0 saturated heterocycles. The first kappa shape index (κ1) is 27.5. The maximum absolute atomic E-state index is 13.9. The summed E-state index contributed by atoms with van der Waals surface area (Å²) in [6, 6.07) is 51.5. The van der Waals surface area contributed by atoms with Gasteiger partial charge in [0.1, 0.15) is 11.6 Å². The minimum atomic E-state index is -0.308. The highest BCUT2D eigenvalue weighted by Crippen LogP contribution is 2.44. The molecule has 0 fully saturated rings. The van der Waals surface area contributed by atoms with Crippen LogP contribution in [0.4, 0.5) is 25.8 Å². The third-order valence-electron chi connectivity index (χ3n) is 8.89. The number of hydrogen-bond donors (Lipinski definition) is 0. The number of rotatable bonds is 5. The molecule has 7 aromatic carbocycles. The van der Waals surface area contributed by atoms with Crippen LogP contribution in [0.5, 0.6) is 0 Å². The molecule has 0 aliphatic rings. The molecular weight excluding hydrogens is 603 g/mol. The molecule has 0 N–H and O–H groups in total. The van der Waals surface area contributed by atoms with Crippen LogP contribution in [-0.2, 0) is 0 Å². The number of hydrogen-bond acceptors (Lipinski definition) is 2. The summed E-state index contributed by atoms with van der Waals surface area (Å²) in [5.74, 6) is -0.616. The first-order valence-electron chi connectivity index (χ1n) is 15.5. The Bertz CT molecular complexity index is 2540. The summed E-state index contributed by atoms with van der Waals surface area (Å²) in [7, 11) is 0. The number of benzene rings is 7. The number of fused-ring (bicyclic) bond motifs is 7. The normalized spacial score (nSPS) is 11.6. The smallest absolute Gasteiger partial charge is 0.123 e. The molecule has 9 rings (SSSR count). The molecule has 9 aromatic rings. The van der Waals surface area contributed by atoms with E-state index in [2.05, 4.69) is 102 Å². The molecule has 0 radical (unpaired) electrons. The van der Waals surface area contributed by atoms with E-state index in [9.17, 15) is 8.78 Å². The largest absolute Gasteiger partial charge is 0.310 e. The third kappa shape index (κ3) is 4.58. The summed E-state index contributed by atoms with van der Waals surface area (Å²) in [5, 5.41) is 4.94. The van der Waals surface area contributed by atoms with E-state index in [1.165, 1.54) is 60.7 Å². The van der Waals surface area contributed by atoms with Gasteiger partial charge in [-0.05, 0) is 102 Å². The number of nitrogens with zero attached hydrogens (tertiary/aromatic N) is 2. The Kier molecular flexibility index (Phi) is 6.40. The lowest BCUT2D eigenvalue weighted by Gasteiger charge is -2.26. The maximum atomic E-state index is 13.9. The first-order chi connectivity index (χ1) is 23.1. The Morgan fingerprint density at radius 2 is 1.13 bits per heavy atom. The summed E-state index contributed by atoms with van der Waals surface area (Å²) >= 11 is 1.85. The molecule has 2 aromatic heterocycles. The van der Waals surface area contributed by atoms with E-state index < -0.39 is 0 Å². The quantitative estimate of drug-likeness (QED) is 0.184. The first-order valence-corrected chi connectivity index (χ1v) is 16.3. The van der Waals surface area contributed by atoms with Crippen LogP contribution >= 0.6 is 11.3 Å². The Morgan fingerprint density at radius 3 is 1.87 bits per heavy atom. The van der Waals surface area contributed by atoms with Crippen LogP contribution in [0.15, 0.2) is 158 Å². The van der Waals surface area contributed by atoms with Crippen LogP contribution in [0.3, 0.4) is 0 Å². The highest BCUT2D eigenvalue weighted by Gasteiger charge is 2.19. The Labute approximate surface area is 274 Å². The number of para-hydroxylation sites is 1. The summed E-state index contributed by atoms with van der Waals surface area (Å²) in [5.41, 5.74) is 8.07. The van der Waals surface area contributed by atoms with Crippen molar-refractivity contribution in [1.29, 1.82) is 0 Å². The van der Waals surface area contributed by atoms with Gasteiger partial charge in [0.15, 0.2) is 0 Å². The van der Waals surface area contributed by atoms with Crippen molar-refractivity contribution in [3.8, 4) is 16.8 Å². The van der Waals surface area contributed by atoms with E-state index in [-0.39, 0.29) is 11.6 Å². The highest BCUT2D eigenvalue weighted by atomic mass is 32.1. The third-order valence-corrected chi connectivity index (χ3v) is 10.1. The Hall–Kier alpha value is -5.78. The van der Waals surface area contributed by atoms with E-state index >= 15 is 0 Å². The van der Waals surface area contributed by atoms with Crippen molar-refractivity contribution >= 4 is 70.4 Å². The molecule has 0 amide bonds. The van der Waals surface area contributed by atoms with Crippen molar-refractivity contribution in [3.63, 3.8) is 0 Å². The van der Waals surface area contributed by atoms with Gasteiger partial charge in [0.25, 0.3) is 0 Å². The lowest BCUT2D eigenvalue weighted by atomic mass is 10.0. The predicted molar refractivity (Wildman–Crippen MR) is 194 cm³/mol. The molecule has 0 spiro atoms. The Morgan fingerprint density at radius 1 is 0.468 bits per heavy atom. The standard InChI is InChI=1S/C42H26F2N2S/c43-29-14-18-32(19-15-29)45(33-20-16-30(44)17-21-33)34-10-6-7-27(25-34)28-13-24-39-38(26-28)36-22-23-37-35-11-4-5-12-40(35)47-42(37)41(36)46(39)31-8-2-1-3-9-31/h1-26H. The number of halogens is 2. The van der Waals surface area contributed by atoms with Gasteiger partial charge < -0.3 is 9.47 Å². The van der Waals surface area contributed by atoms with E-state index in [0.29, 0.717) is 0 Å². The van der Waals surface area contributed by atoms with E-state index in [4.69, 9.17) is 0 Å². The summed E-state index contributed by atoms with van der Waals surface area (Å²) < 4.78 is 32.8. The highest BCUT2D eigenvalue weighted by molar-refractivity contribution is 7.26. The minimum absolute atomic E-state index is 0.308. The molecule has 224 valence electrons. The lowest BCUT2D eigenvalue weighted by Crippen LogP contribution is -2.10. The van der Waals surface area contributed by atoms with E-state index in [1.807, 2.05) is 28.4 Å². The number of aromatic nitrogens is 1. The van der Waals surface area contributed by atoms with Crippen molar-refractivity contribution < 1.29 is 8.78 Å². The Balaban J connectivity index is 1.25. The average molecular weight is 629 g/mol. The second-order valence-electron chi connectivity index (χ2n) is 11.7. The van der Waals surface area contributed by atoms with E-state index in [1.54, 1.807) is 24.3 Å². The SMILES string of the molecule is Fc1ccc(N(c2ccc(F)cc2)c2cccc(-c3ccc4c(c3)c3ccc5c6ccccc6sc5c3n4-c3ccccc3)c2)cc1. The van der Waals surface area contributed by atoms with Crippen LogP contribution < -0.4 is 4.90 Å². The fourth-order valence-corrected chi connectivity index (χ4v) is 8.00. The van der Waals surface area contributed by atoms with E-state index in [0.717, 1.165) is 39.4 Å². The van der Waals surface area contributed by atoms with Gasteiger partial charge in [-0.3, -0.25) is 0 Å². The van der Waals surface area contributed by atoms with Gasteiger partial charge in [0.2, 0.25) is 0 Å². The summed E-state index contributed by atoms with van der Waals surface area (Å²) in [4.78, 5) is 2.01. The lowest BCUT2D eigenvalue weighted by molar-refractivity contribution is 0.628. The zero-order valence-corrected chi connectivity index (χ0v) is 25.9. The van der Waals surface area contributed by atoms with Crippen LogP contribution in [0.1, 0.15) is 0 Å². The van der Waals surface area contributed by atoms with Crippen molar-refractivity contribution in [3.05, 3.63) is 169 Å². The van der Waals surface area contributed by atoms with Crippen LogP contribution in [0.2, 0.25) is 0 Å². The molecule has 0 aliphatic heterocycles. The average Bonchev–Trinajstić information content (AvgIpc) is 3.66. The maximum Gasteiger partial charge on any atom is 0.123 e. The van der Waals surface area contributed by atoms with Crippen LogP contribution in [-0.4, -0.2) is 4.57 Å². The molecule has 47 heavy (non-hydrogen) atoms. The second kappa shape index (κ2) is 10.9. The van der Waals surface area contributed by atoms with Gasteiger partial charge in [-0.25, -0.2) is 8.78 Å². The molecule has 2 heterocycles. The zero-order valence-electron chi connectivity index (χ0n) is 25.1.